The van der Waals surface area contributed by atoms with Gasteiger partial charge in [0, 0.05) is 63.5 Å². The normalized spacial score (nSPS) is 16.6. The van der Waals surface area contributed by atoms with Crippen LogP contribution in [0.5, 0.6) is 5.75 Å². The van der Waals surface area contributed by atoms with Gasteiger partial charge in [-0.25, -0.2) is 4.98 Å². The average Bonchev–Trinajstić information content (AvgIpc) is 3.50. The summed E-state index contributed by atoms with van der Waals surface area (Å²) >= 11 is 0. The van der Waals surface area contributed by atoms with E-state index in [2.05, 4.69) is 33.5 Å². The fourth-order valence-electron chi connectivity index (χ4n) is 5.65. The molecule has 1 atom stereocenters. The molecule has 5 rings (SSSR count). The van der Waals surface area contributed by atoms with E-state index in [9.17, 15) is 14.7 Å². The van der Waals surface area contributed by atoms with E-state index in [-0.39, 0.29) is 24.4 Å². The highest BCUT2D eigenvalue weighted by Gasteiger charge is 2.23. The second-order valence-corrected chi connectivity index (χ2v) is 10.9. The van der Waals surface area contributed by atoms with Crippen molar-refractivity contribution in [2.24, 2.45) is 0 Å². The van der Waals surface area contributed by atoms with Gasteiger partial charge in [-0.05, 0) is 67.1 Å². The first-order valence-corrected chi connectivity index (χ1v) is 14.3. The number of anilines is 1. The van der Waals surface area contributed by atoms with Crippen LogP contribution in [0, 0.1) is 6.92 Å². The van der Waals surface area contributed by atoms with Gasteiger partial charge in [0.25, 0.3) is 5.91 Å². The van der Waals surface area contributed by atoms with E-state index in [1.165, 1.54) is 17.5 Å². The summed E-state index contributed by atoms with van der Waals surface area (Å²) in [5.74, 6) is 1.43. The van der Waals surface area contributed by atoms with Gasteiger partial charge in [0.05, 0.1) is 12.3 Å². The van der Waals surface area contributed by atoms with Gasteiger partial charge in [-0.15, -0.1) is 0 Å². The number of benzene rings is 2. The third kappa shape index (κ3) is 7.45. The molecular weight excluding hydrogens is 522 g/mol. The summed E-state index contributed by atoms with van der Waals surface area (Å²) in [6.45, 7) is 7.73. The van der Waals surface area contributed by atoms with E-state index >= 15 is 0 Å². The fourth-order valence-corrected chi connectivity index (χ4v) is 5.65. The minimum absolute atomic E-state index is 0.115. The summed E-state index contributed by atoms with van der Waals surface area (Å²) in [4.78, 5) is 32.4. The topological polar surface area (TPSA) is 120 Å². The van der Waals surface area contributed by atoms with Crippen LogP contribution in [-0.2, 0) is 24.4 Å². The molecule has 41 heavy (non-hydrogen) atoms. The van der Waals surface area contributed by atoms with Crippen LogP contribution >= 0.6 is 0 Å². The number of aliphatic hydroxyl groups excluding tert-OH is 1. The number of hydrogen-bond donors (Lipinski definition) is 3. The van der Waals surface area contributed by atoms with Gasteiger partial charge in [0.2, 0.25) is 5.91 Å². The Bertz CT molecular complexity index is 1340. The lowest BCUT2D eigenvalue weighted by Gasteiger charge is -2.32. The smallest absolute Gasteiger partial charge is 0.251 e. The van der Waals surface area contributed by atoms with Crippen molar-refractivity contribution >= 4 is 17.5 Å². The average molecular weight is 562 g/mol. The molecule has 218 valence electrons. The maximum absolute atomic E-state index is 12.8. The lowest BCUT2D eigenvalue weighted by Crippen LogP contribution is -2.42. The van der Waals surface area contributed by atoms with Crippen LogP contribution in [0.2, 0.25) is 0 Å². The van der Waals surface area contributed by atoms with Gasteiger partial charge in [-0.1, -0.05) is 12.1 Å². The van der Waals surface area contributed by atoms with E-state index < -0.39 is 6.10 Å². The number of ether oxygens (including phenoxy) is 1. The van der Waals surface area contributed by atoms with E-state index in [0.29, 0.717) is 24.5 Å². The Morgan fingerprint density at radius 1 is 1.20 bits per heavy atom. The van der Waals surface area contributed by atoms with Gasteiger partial charge < -0.3 is 29.8 Å². The molecule has 0 bridgehead atoms. The second-order valence-electron chi connectivity index (χ2n) is 10.9. The van der Waals surface area contributed by atoms with Crippen LogP contribution in [-0.4, -0.2) is 76.6 Å². The molecular formula is C31H39N5O5. The van der Waals surface area contributed by atoms with Gasteiger partial charge in [-0.3, -0.25) is 14.5 Å². The molecule has 0 saturated carbocycles. The lowest BCUT2D eigenvalue weighted by atomic mass is 9.94. The Morgan fingerprint density at radius 3 is 2.78 bits per heavy atom. The highest BCUT2D eigenvalue weighted by Crippen LogP contribution is 2.30. The van der Waals surface area contributed by atoms with Crippen molar-refractivity contribution in [2.45, 2.75) is 58.4 Å². The van der Waals surface area contributed by atoms with Crippen LogP contribution < -0.4 is 15.4 Å². The Hall–Kier alpha value is -3.89. The zero-order chi connectivity index (χ0) is 28.8. The van der Waals surface area contributed by atoms with Gasteiger partial charge >= 0.3 is 0 Å². The molecule has 2 aliphatic heterocycles. The largest absolute Gasteiger partial charge is 0.485 e. The molecule has 2 aromatic carbocycles. The molecule has 0 radical (unpaired) electrons. The molecule has 0 aliphatic carbocycles. The Morgan fingerprint density at radius 2 is 2.02 bits per heavy atom. The summed E-state index contributed by atoms with van der Waals surface area (Å²) in [7, 11) is 0. The number of aromatic nitrogens is 1. The first kappa shape index (κ1) is 28.6. The minimum atomic E-state index is -0.682. The van der Waals surface area contributed by atoms with Gasteiger partial charge in [-0.2, -0.15) is 0 Å². The van der Waals surface area contributed by atoms with Crippen LogP contribution in [0.15, 0.2) is 53.4 Å². The number of carbonyl (C=O) groups is 2. The molecule has 0 unspecified atom stereocenters. The Labute approximate surface area is 240 Å². The fraction of sp³-hybridized carbons (Fsp3) is 0.452. The monoisotopic (exact) mass is 561 g/mol. The molecule has 1 aromatic heterocycles. The number of carbonyl (C=O) groups excluding carboxylic acids is 2. The highest BCUT2D eigenvalue weighted by molar-refractivity contribution is 5.95. The van der Waals surface area contributed by atoms with Crippen LogP contribution in [0.3, 0.4) is 0 Å². The number of nitrogens with zero attached hydrogens (tertiary/aromatic N) is 3. The molecule has 10 nitrogen and oxygen atoms in total. The Balaban J connectivity index is 1.07. The van der Waals surface area contributed by atoms with E-state index in [1.807, 2.05) is 29.2 Å². The van der Waals surface area contributed by atoms with Crippen molar-refractivity contribution in [3.05, 3.63) is 77.0 Å². The lowest BCUT2D eigenvalue weighted by molar-refractivity contribution is -0.129. The number of nitrogens with one attached hydrogen (secondary N) is 2. The quantitative estimate of drug-likeness (QED) is 0.345. The molecule has 3 N–H and O–H groups in total. The SMILES string of the molecule is CC(=O)N1CCC(Nc2cccc(C(=O)NC[C@H](O)CN3CCc4c(ccc(OCc5cnco5)c4C)C3)c2)CC1. The number of β-amino-alcohol motifs (C(OH)–C–C–N with tert-alkyl or cyclic N) is 1. The maximum Gasteiger partial charge on any atom is 0.251 e. The summed E-state index contributed by atoms with van der Waals surface area (Å²) in [5.41, 5.74) is 5.08. The number of piperidine rings is 1. The number of rotatable bonds is 10. The van der Waals surface area contributed by atoms with Gasteiger partial charge in [0.1, 0.15) is 12.4 Å². The summed E-state index contributed by atoms with van der Waals surface area (Å²) in [6.07, 6.45) is 4.99. The van der Waals surface area contributed by atoms with Crippen molar-refractivity contribution in [3.63, 3.8) is 0 Å². The predicted octanol–water partition coefficient (Wildman–Crippen LogP) is 3.13. The van der Waals surface area contributed by atoms with Gasteiger partial charge in [0.15, 0.2) is 12.2 Å². The first-order chi connectivity index (χ1) is 19.9. The second kappa shape index (κ2) is 13.2. The third-order valence-electron chi connectivity index (χ3n) is 7.97. The predicted molar refractivity (Wildman–Crippen MR) is 155 cm³/mol. The molecule has 3 heterocycles. The van der Waals surface area contributed by atoms with Crippen LogP contribution in [0.25, 0.3) is 0 Å². The Kier molecular flexibility index (Phi) is 9.21. The highest BCUT2D eigenvalue weighted by atomic mass is 16.5. The minimum Gasteiger partial charge on any atom is -0.485 e. The number of amides is 2. The number of fused-ring (bicyclic) bond motifs is 1. The van der Waals surface area contributed by atoms with Crippen molar-refractivity contribution in [3.8, 4) is 5.75 Å². The molecule has 1 saturated heterocycles. The summed E-state index contributed by atoms with van der Waals surface area (Å²) in [5, 5.41) is 17.1. The van der Waals surface area contributed by atoms with E-state index in [4.69, 9.17) is 9.15 Å². The number of oxazole rings is 1. The van der Waals surface area contributed by atoms with Crippen molar-refractivity contribution in [2.75, 3.05) is 38.0 Å². The summed E-state index contributed by atoms with van der Waals surface area (Å²) in [6, 6.07) is 11.8. The molecule has 1 fully saturated rings. The zero-order valence-electron chi connectivity index (χ0n) is 23.8. The molecule has 10 heteroatoms. The van der Waals surface area contributed by atoms with E-state index in [0.717, 1.165) is 62.4 Å². The van der Waals surface area contributed by atoms with Crippen LogP contribution in [0.1, 0.15) is 52.6 Å². The number of likely N-dealkylation sites (tertiary alicyclic amines) is 1. The maximum atomic E-state index is 12.8. The third-order valence-corrected chi connectivity index (χ3v) is 7.97. The molecule has 3 aromatic rings. The molecule has 2 amide bonds. The van der Waals surface area contributed by atoms with Crippen molar-refractivity contribution in [1.82, 2.24) is 20.1 Å². The zero-order valence-corrected chi connectivity index (χ0v) is 23.8. The standard InChI is InChI=1S/C31H39N5O5/c1-21-29-10-11-35(17-24(29)6-7-30(21)40-19-28-16-32-20-41-28)18-27(38)15-33-31(39)23-4-3-5-26(14-23)34-25-8-12-36(13-9-25)22(2)37/h3-7,14,16,20,25,27,34,38H,8-13,15,17-19H2,1-2H3,(H,33,39)/t27-/m0/s1. The number of hydrogen-bond acceptors (Lipinski definition) is 8. The van der Waals surface area contributed by atoms with Crippen molar-refractivity contribution < 1.29 is 23.8 Å². The molecule has 2 aliphatic rings. The van der Waals surface area contributed by atoms with Crippen LogP contribution in [0.4, 0.5) is 5.69 Å². The van der Waals surface area contributed by atoms with E-state index in [1.54, 1.807) is 19.2 Å². The van der Waals surface area contributed by atoms with Crippen molar-refractivity contribution in [1.29, 1.82) is 0 Å². The first-order valence-electron chi connectivity index (χ1n) is 14.3. The number of aliphatic hydroxyl groups is 1. The molecule has 0 spiro atoms. The summed E-state index contributed by atoms with van der Waals surface area (Å²) < 4.78 is 11.2.